The molecule has 0 aliphatic carbocycles. The molecule has 0 bridgehead atoms. The molecule has 2 N–H and O–H groups in total. The molecule has 0 aliphatic rings. The summed E-state index contributed by atoms with van der Waals surface area (Å²) >= 11 is 0. The Morgan fingerprint density at radius 1 is 0.750 bits per heavy atom. The molecule has 0 heterocycles. The zero-order chi connectivity index (χ0) is 18.5. The van der Waals surface area contributed by atoms with Gasteiger partial charge < -0.3 is 20.1 Å². The van der Waals surface area contributed by atoms with Gasteiger partial charge in [0.25, 0.3) is 0 Å². The summed E-state index contributed by atoms with van der Waals surface area (Å²) in [5, 5.41) is 5.01. The number of nitrogens with one attached hydrogen (secondary N) is 2. The lowest BCUT2D eigenvalue weighted by Crippen LogP contribution is -2.28. The van der Waals surface area contributed by atoms with Gasteiger partial charge >= 0.3 is 11.9 Å². The highest BCUT2D eigenvalue weighted by atomic mass is 16.5. The molecule has 0 spiro atoms. The smallest absolute Gasteiger partial charge is 0.306 e. The summed E-state index contributed by atoms with van der Waals surface area (Å²) in [7, 11) is 0. The Balaban J connectivity index is 3.66. The number of hydrogen-bond donors (Lipinski definition) is 2. The van der Waals surface area contributed by atoms with E-state index in [1.54, 1.807) is 13.8 Å². The third kappa shape index (κ3) is 11.0. The largest absolute Gasteiger partial charge is 0.464 e. The summed E-state index contributed by atoms with van der Waals surface area (Å²) in [6.07, 6.45) is -0.239. The zero-order valence-corrected chi connectivity index (χ0v) is 14.1. The molecule has 0 fully saturated rings. The third-order valence-electron chi connectivity index (χ3n) is 2.61. The van der Waals surface area contributed by atoms with Crippen molar-refractivity contribution in [2.45, 2.75) is 26.7 Å². The Bertz CT molecular complexity index is 467. The van der Waals surface area contributed by atoms with Gasteiger partial charge in [0.05, 0.1) is 25.9 Å². The van der Waals surface area contributed by atoms with Gasteiger partial charge in [-0.3, -0.25) is 19.2 Å². The summed E-state index contributed by atoms with van der Waals surface area (Å²) in [6.45, 7) is 10.4. The van der Waals surface area contributed by atoms with Gasteiger partial charge in [-0.2, -0.15) is 0 Å². The van der Waals surface area contributed by atoms with Crippen LogP contribution in [0.2, 0.25) is 0 Å². The van der Waals surface area contributed by atoms with Gasteiger partial charge in [-0.05, 0) is 13.8 Å². The Morgan fingerprint density at radius 2 is 1.08 bits per heavy atom. The van der Waals surface area contributed by atoms with Crippen LogP contribution < -0.4 is 10.6 Å². The minimum absolute atomic E-state index is 0.0137. The van der Waals surface area contributed by atoms with Crippen LogP contribution >= 0.6 is 0 Å². The van der Waals surface area contributed by atoms with E-state index in [0.717, 1.165) is 0 Å². The van der Waals surface area contributed by atoms with Crippen LogP contribution in [0.3, 0.4) is 0 Å². The first kappa shape index (κ1) is 21.4. The van der Waals surface area contributed by atoms with Crippen molar-refractivity contribution in [2.24, 2.45) is 0 Å². The highest BCUT2D eigenvalue weighted by molar-refractivity contribution is 5.92. The molecule has 8 heteroatoms. The van der Waals surface area contributed by atoms with Crippen LogP contribution in [0.5, 0.6) is 0 Å². The molecule has 0 saturated heterocycles. The van der Waals surface area contributed by atoms with Gasteiger partial charge in [0.15, 0.2) is 0 Å². The van der Waals surface area contributed by atoms with E-state index in [9.17, 15) is 19.2 Å². The fourth-order valence-electron chi connectivity index (χ4n) is 1.31. The monoisotopic (exact) mass is 340 g/mol. The van der Waals surface area contributed by atoms with E-state index in [0.29, 0.717) is 11.1 Å². The van der Waals surface area contributed by atoms with Gasteiger partial charge in [-0.1, -0.05) is 13.2 Å². The summed E-state index contributed by atoms with van der Waals surface area (Å²) in [5.74, 6) is -1.75. The maximum Gasteiger partial charge on any atom is 0.306 e. The lowest BCUT2D eigenvalue weighted by molar-refractivity contribution is -0.150. The number of esters is 2. The van der Waals surface area contributed by atoms with E-state index in [4.69, 9.17) is 9.47 Å². The molecule has 134 valence electrons. The van der Waals surface area contributed by atoms with Crippen molar-refractivity contribution in [3.63, 3.8) is 0 Å². The van der Waals surface area contributed by atoms with Crippen molar-refractivity contribution in [3.8, 4) is 0 Å². The summed E-state index contributed by atoms with van der Waals surface area (Å²) in [5.41, 5.74) is 0.729. The van der Waals surface area contributed by atoms with Crippen LogP contribution in [-0.4, -0.2) is 50.1 Å². The van der Waals surface area contributed by atoms with Gasteiger partial charge in [0, 0.05) is 11.1 Å². The van der Waals surface area contributed by atoms with Crippen LogP contribution in [0.15, 0.2) is 24.3 Å². The van der Waals surface area contributed by atoms with Crippen LogP contribution in [0.4, 0.5) is 0 Å². The second kappa shape index (κ2) is 11.9. The van der Waals surface area contributed by atoms with Crippen molar-refractivity contribution in [1.29, 1.82) is 0 Å². The highest BCUT2D eigenvalue weighted by Gasteiger charge is 2.10. The molecule has 8 nitrogen and oxygen atoms in total. The molecule has 0 aromatic heterocycles. The minimum atomic E-state index is -0.563. The minimum Gasteiger partial charge on any atom is -0.464 e. The molecule has 0 rings (SSSR count). The molecule has 0 aromatic carbocycles. The SMILES string of the molecule is C=C(C)C(=O)NCCOC(=O)CCC(=O)OCCNC(=O)C(=C)C. The summed E-state index contributed by atoms with van der Waals surface area (Å²) in [4.78, 5) is 45.1. The molecular formula is C16H24N2O6. The lowest BCUT2D eigenvalue weighted by Gasteiger charge is -2.07. The predicted molar refractivity (Wildman–Crippen MR) is 86.8 cm³/mol. The molecule has 0 radical (unpaired) electrons. The summed E-state index contributed by atoms with van der Waals surface area (Å²) in [6, 6.07) is 0. The first-order valence-corrected chi connectivity index (χ1v) is 7.42. The third-order valence-corrected chi connectivity index (χ3v) is 2.61. The second-order valence-corrected chi connectivity index (χ2v) is 5.01. The van der Waals surface area contributed by atoms with Crippen molar-refractivity contribution in [1.82, 2.24) is 10.6 Å². The first-order valence-electron chi connectivity index (χ1n) is 7.42. The molecule has 0 atom stereocenters. The van der Waals surface area contributed by atoms with E-state index in [1.807, 2.05) is 0 Å². The van der Waals surface area contributed by atoms with E-state index < -0.39 is 11.9 Å². The van der Waals surface area contributed by atoms with Crippen molar-refractivity contribution >= 4 is 23.8 Å². The molecule has 24 heavy (non-hydrogen) atoms. The van der Waals surface area contributed by atoms with Gasteiger partial charge in [0.1, 0.15) is 13.2 Å². The molecule has 0 saturated carbocycles. The fraction of sp³-hybridized carbons (Fsp3) is 0.500. The summed E-state index contributed by atoms with van der Waals surface area (Å²) < 4.78 is 9.70. The number of rotatable bonds is 11. The number of carbonyl (C=O) groups excluding carboxylic acids is 4. The van der Waals surface area contributed by atoms with Crippen molar-refractivity contribution in [3.05, 3.63) is 24.3 Å². The van der Waals surface area contributed by atoms with E-state index in [-0.39, 0.29) is 51.0 Å². The Labute approximate surface area is 141 Å². The van der Waals surface area contributed by atoms with Crippen LogP contribution in [0.1, 0.15) is 26.7 Å². The Kier molecular flexibility index (Phi) is 10.6. The zero-order valence-electron chi connectivity index (χ0n) is 14.1. The van der Waals surface area contributed by atoms with Gasteiger partial charge in [-0.25, -0.2) is 0 Å². The molecule has 0 aliphatic heterocycles. The first-order chi connectivity index (χ1) is 11.2. The Morgan fingerprint density at radius 3 is 1.38 bits per heavy atom. The number of carbonyl (C=O) groups is 4. The Hall–Kier alpha value is -2.64. The highest BCUT2D eigenvalue weighted by Crippen LogP contribution is 1.96. The van der Waals surface area contributed by atoms with Crippen LogP contribution in [0.25, 0.3) is 0 Å². The predicted octanol–water partition coefficient (Wildman–Crippen LogP) is 0.238. The van der Waals surface area contributed by atoms with Crippen molar-refractivity contribution < 1.29 is 28.7 Å². The van der Waals surface area contributed by atoms with Crippen LogP contribution in [-0.2, 0) is 28.7 Å². The van der Waals surface area contributed by atoms with Gasteiger partial charge in [-0.15, -0.1) is 0 Å². The number of hydrogen-bond acceptors (Lipinski definition) is 6. The standard InChI is InChI=1S/C16H24N2O6/c1-11(2)15(21)17-7-9-23-13(19)5-6-14(20)24-10-8-18-16(22)12(3)4/h1,3,5-10H2,2,4H3,(H,17,21)(H,18,22). The van der Waals surface area contributed by atoms with E-state index in [1.165, 1.54) is 0 Å². The maximum absolute atomic E-state index is 11.4. The average molecular weight is 340 g/mol. The van der Waals surface area contributed by atoms with E-state index >= 15 is 0 Å². The molecule has 0 unspecified atom stereocenters. The van der Waals surface area contributed by atoms with Gasteiger partial charge in [0.2, 0.25) is 11.8 Å². The van der Waals surface area contributed by atoms with E-state index in [2.05, 4.69) is 23.8 Å². The maximum atomic E-state index is 11.4. The number of amides is 2. The second-order valence-electron chi connectivity index (χ2n) is 5.01. The fourth-order valence-corrected chi connectivity index (χ4v) is 1.31. The quantitative estimate of drug-likeness (QED) is 0.317. The number of ether oxygens (including phenoxy) is 2. The molecule has 0 aromatic rings. The molecular weight excluding hydrogens is 316 g/mol. The molecule has 2 amide bonds. The topological polar surface area (TPSA) is 111 Å². The normalized spacial score (nSPS) is 9.58. The lowest BCUT2D eigenvalue weighted by atomic mass is 10.3. The van der Waals surface area contributed by atoms with Crippen molar-refractivity contribution in [2.75, 3.05) is 26.3 Å². The average Bonchev–Trinajstić information content (AvgIpc) is 2.52. The van der Waals surface area contributed by atoms with Crippen LogP contribution in [0, 0.1) is 0 Å².